The summed E-state index contributed by atoms with van der Waals surface area (Å²) in [6, 6.07) is 17.1. The van der Waals surface area contributed by atoms with Crippen molar-refractivity contribution >= 4 is 22.6 Å². The maximum absolute atomic E-state index is 12.2. The highest BCUT2D eigenvalue weighted by Crippen LogP contribution is 2.34. The maximum Gasteiger partial charge on any atom is 0.328 e. The monoisotopic (exact) mass is 401 g/mol. The highest BCUT2D eigenvalue weighted by molar-refractivity contribution is 5.95. The zero-order valence-corrected chi connectivity index (χ0v) is 17.1. The second-order valence-electron chi connectivity index (χ2n) is 7.43. The van der Waals surface area contributed by atoms with Gasteiger partial charge in [-0.2, -0.15) is 5.26 Å². The number of hydrogen-bond donors (Lipinski definition) is 0. The predicted molar refractivity (Wildman–Crippen MR) is 114 cm³/mol. The van der Waals surface area contributed by atoms with Crippen molar-refractivity contribution in [3.8, 4) is 11.8 Å². The van der Waals surface area contributed by atoms with Crippen LogP contribution in [0.25, 0.3) is 10.9 Å². The van der Waals surface area contributed by atoms with Crippen LogP contribution in [0.3, 0.4) is 0 Å². The Hall–Kier alpha value is -3.59. The number of aromatic nitrogens is 1. The van der Waals surface area contributed by atoms with Gasteiger partial charge in [-0.05, 0) is 55.7 Å². The largest absolute Gasteiger partial charge is 0.489 e. The molecule has 1 atom stereocenters. The molecule has 0 amide bonds. The predicted octanol–water partition coefficient (Wildman–Crippen LogP) is 4.14. The SMILES string of the molecule is COC(=O)C1CCCN1c1cc(C)nc2cc(OCc3ccc(C#N)cc3)ccc12. The number of aryl methyl sites for hydroxylation is 1. The normalized spacial score (nSPS) is 15.8. The van der Waals surface area contributed by atoms with E-state index in [2.05, 4.69) is 16.0 Å². The number of carbonyl (C=O) groups is 1. The van der Waals surface area contributed by atoms with E-state index in [4.69, 9.17) is 14.7 Å². The molecule has 1 aliphatic heterocycles. The summed E-state index contributed by atoms with van der Waals surface area (Å²) in [7, 11) is 1.44. The first-order chi connectivity index (χ1) is 14.6. The smallest absolute Gasteiger partial charge is 0.328 e. The van der Waals surface area contributed by atoms with E-state index >= 15 is 0 Å². The summed E-state index contributed by atoms with van der Waals surface area (Å²) in [6.07, 6.45) is 1.75. The molecule has 0 saturated carbocycles. The number of ether oxygens (including phenoxy) is 2. The first-order valence-electron chi connectivity index (χ1n) is 9.97. The number of carbonyl (C=O) groups excluding carboxylic acids is 1. The van der Waals surface area contributed by atoms with E-state index in [0.717, 1.165) is 53.0 Å². The fourth-order valence-corrected chi connectivity index (χ4v) is 3.92. The molecule has 6 nitrogen and oxygen atoms in total. The van der Waals surface area contributed by atoms with Crippen LogP contribution in [0.5, 0.6) is 5.75 Å². The second kappa shape index (κ2) is 8.42. The van der Waals surface area contributed by atoms with Crippen LogP contribution in [0, 0.1) is 18.3 Å². The molecule has 1 fully saturated rings. The molecule has 3 aromatic rings. The van der Waals surface area contributed by atoms with Crippen LogP contribution in [0.2, 0.25) is 0 Å². The molecule has 0 aliphatic carbocycles. The van der Waals surface area contributed by atoms with Crippen molar-refractivity contribution in [2.75, 3.05) is 18.6 Å². The summed E-state index contributed by atoms with van der Waals surface area (Å²) in [4.78, 5) is 19.0. The molecule has 0 bridgehead atoms. The Labute approximate surface area is 175 Å². The third-order valence-electron chi connectivity index (χ3n) is 5.41. The molecule has 0 radical (unpaired) electrons. The van der Waals surface area contributed by atoms with Crippen molar-refractivity contribution in [3.05, 3.63) is 65.4 Å². The van der Waals surface area contributed by atoms with Gasteiger partial charge in [0.15, 0.2) is 0 Å². The summed E-state index contributed by atoms with van der Waals surface area (Å²) >= 11 is 0. The van der Waals surface area contributed by atoms with Crippen LogP contribution in [0.15, 0.2) is 48.5 Å². The lowest BCUT2D eigenvalue weighted by molar-refractivity contribution is -0.141. The number of anilines is 1. The van der Waals surface area contributed by atoms with Gasteiger partial charge in [-0.1, -0.05) is 12.1 Å². The van der Waals surface area contributed by atoms with Gasteiger partial charge in [-0.25, -0.2) is 4.79 Å². The standard InChI is InChI=1S/C24H23N3O3/c1-16-12-23(27-11-3-4-22(27)24(28)29-2)20-10-9-19(13-21(20)26-16)30-15-18-7-5-17(14-25)6-8-18/h5-10,12-13,22H,3-4,11,15H2,1-2H3. The van der Waals surface area contributed by atoms with Crippen molar-refractivity contribution in [1.29, 1.82) is 5.26 Å². The topological polar surface area (TPSA) is 75.4 Å². The van der Waals surface area contributed by atoms with Crippen molar-refractivity contribution in [2.45, 2.75) is 32.4 Å². The van der Waals surface area contributed by atoms with Crippen molar-refractivity contribution in [3.63, 3.8) is 0 Å². The first kappa shape index (κ1) is 19.7. The van der Waals surface area contributed by atoms with Crippen LogP contribution in [-0.2, 0) is 16.1 Å². The number of benzene rings is 2. The van der Waals surface area contributed by atoms with Crippen molar-refractivity contribution in [1.82, 2.24) is 4.98 Å². The van der Waals surface area contributed by atoms with Gasteiger partial charge in [0.25, 0.3) is 0 Å². The molecule has 0 N–H and O–H groups in total. The Kier molecular flexibility index (Phi) is 5.53. The lowest BCUT2D eigenvalue weighted by atomic mass is 10.1. The van der Waals surface area contributed by atoms with E-state index < -0.39 is 0 Å². The molecule has 152 valence electrons. The van der Waals surface area contributed by atoms with E-state index in [0.29, 0.717) is 12.2 Å². The van der Waals surface area contributed by atoms with Crippen LogP contribution >= 0.6 is 0 Å². The molecule has 1 unspecified atom stereocenters. The van der Waals surface area contributed by atoms with Gasteiger partial charge in [-0.3, -0.25) is 4.98 Å². The Morgan fingerprint density at radius 1 is 1.23 bits per heavy atom. The third-order valence-corrected chi connectivity index (χ3v) is 5.41. The molecule has 2 aromatic carbocycles. The van der Waals surface area contributed by atoms with Gasteiger partial charge in [-0.15, -0.1) is 0 Å². The first-order valence-corrected chi connectivity index (χ1v) is 9.97. The average Bonchev–Trinajstić information content (AvgIpc) is 3.26. The number of nitrogens with zero attached hydrogens (tertiary/aromatic N) is 3. The number of fused-ring (bicyclic) bond motifs is 1. The number of rotatable bonds is 5. The molecular formula is C24H23N3O3. The Morgan fingerprint density at radius 3 is 2.77 bits per heavy atom. The fraction of sp³-hybridized carbons (Fsp3) is 0.292. The number of nitriles is 1. The minimum atomic E-state index is -0.257. The molecule has 30 heavy (non-hydrogen) atoms. The number of methoxy groups -OCH3 is 1. The average molecular weight is 401 g/mol. The van der Waals surface area contributed by atoms with Gasteiger partial charge < -0.3 is 14.4 Å². The third kappa shape index (κ3) is 3.92. The van der Waals surface area contributed by atoms with Crippen LogP contribution in [0.4, 0.5) is 5.69 Å². The number of esters is 1. The Balaban J connectivity index is 1.60. The van der Waals surface area contributed by atoms with E-state index in [-0.39, 0.29) is 12.0 Å². The lowest BCUT2D eigenvalue weighted by Crippen LogP contribution is -2.37. The van der Waals surface area contributed by atoms with E-state index in [1.165, 1.54) is 7.11 Å². The van der Waals surface area contributed by atoms with Crippen LogP contribution in [-0.4, -0.2) is 30.6 Å². The second-order valence-corrected chi connectivity index (χ2v) is 7.43. The summed E-state index contributed by atoms with van der Waals surface area (Å²) in [6.45, 7) is 3.18. The number of hydrogen-bond acceptors (Lipinski definition) is 6. The Bertz CT molecular complexity index is 1120. The maximum atomic E-state index is 12.2. The molecule has 1 aliphatic rings. The number of pyridine rings is 1. The summed E-state index contributed by atoms with van der Waals surface area (Å²) in [5.41, 5.74) is 4.34. The Morgan fingerprint density at radius 2 is 2.03 bits per heavy atom. The van der Waals surface area contributed by atoms with E-state index in [1.807, 2.05) is 43.3 Å². The van der Waals surface area contributed by atoms with Crippen molar-refractivity contribution in [2.24, 2.45) is 0 Å². The molecule has 2 heterocycles. The van der Waals surface area contributed by atoms with Crippen LogP contribution < -0.4 is 9.64 Å². The molecule has 1 aromatic heterocycles. The van der Waals surface area contributed by atoms with Crippen LogP contribution in [0.1, 0.15) is 29.7 Å². The quantitative estimate of drug-likeness (QED) is 0.598. The van der Waals surface area contributed by atoms with Gasteiger partial charge in [0, 0.05) is 29.4 Å². The molecule has 1 saturated heterocycles. The molecule has 0 spiro atoms. The minimum absolute atomic E-state index is 0.197. The highest BCUT2D eigenvalue weighted by Gasteiger charge is 2.32. The molecule has 4 rings (SSSR count). The lowest BCUT2D eigenvalue weighted by Gasteiger charge is -2.26. The summed E-state index contributed by atoms with van der Waals surface area (Å²) < 4.78 is 10.9. The van der Waals surface area contributed by atoms with E-state index in [1.54, 1.807) is 12.1 Å². The van der Waals surface area contributed by atoms with Gasteiger partial charge in [0.05, 0.1) is 24.3 Å². The minimum Gasteiger partial charge on any atom is -0.489 e. The summed E-state index contributed by atoms with van der Waals surface area (Å²) in [5, 5.41) is 9.89. The van der Waals surface area contributed by atoms with Gasteiger partial charge in [0.1, 0.15) is 18.4 Å². The summed E-state index contributed by atoms with van der Waals surface area (Å²) in [5.74, 6) is 0.527. The van der Waals surface area contributed by atoms with E-state index in [9.17, 15) is 4.79 Å². The fourth-order valence-electron chi connectivity index (χ4n) is 3.92. The molecule has 6 heteroatoms. The van der Waals surface area contributed by atoms with Gasteiger partial charge in [0.2, 0.25) is 0 Å². The molecular weight excluding hydrogens is 378 g/mol. The zero-order chi connectivity index (χ0) is 21.1. The highest BCUT2D eigenvalue weighted by atomic mass is 16.5. The van der Waals surface area contributed by atoms with Gasteiger partial charge >= 0.3 is 5.97 Å². The van der Waals surface area contributed by atoms with Crippen molar-refractivity contribution < 1.29 is 14.3 Å². The zero-order valence-electron chi connectivity index (χ0n) is 17.1.